The number of halogens is 2. The first kappa shape index (κ1) is 15.6. The molecule has 0 spiro atoms. The summed E-state index contributed by atoms with van der Waals surface area (Å²) in [5.41, 5.74) is 3.12. The molecular weight excluding hydrogens is 300 g/mol. The number of aryl methyl sites for hydroxylation is 4. The van der Waals surface area contributed by atoms with Crippen molar-refractivity contribution < 1.29 is 8.78 Å². The zero-order valence-corrected chi connectivity index (χ0v) is 13.6. The molecule has 0 aliphatic rings. The van der Waals surface area contributed by atoms with Crippen LogP contribution in [0.25, 0.3) is 22.3 Å². The second kappa shape index (κ2) is 5.72. The Hall–Kier alpha value is -2.31. The summed E-state index contributed by atoms with van der Waals surface area (Å²) in [6.45, 7) is 8.79. The van der Waals surface area contributed by atoms with Gasteiger partial charge >= 0.3 is 0 Å². The fourth-order valence-corrected chi connectivity index (χ4v) is 2.85. The largest absolute Gasteiger partial charge is 0.272 e. The molecule has 3 aromatic rings. The zero-order chi connectivity index (χ0) is 16.7. The summed E-state index contributed by atoms with van der Waals surface area (Å²) in [5, 5.41) is 9.15. The number of pyridine rings is 1. The second-order valence-corrected chi connectivity index (χ2v) is 5.48. The third-order valence-electron chi connectivity index (χ3n) is 3.99. The molecule has 0 aliphatic carbocycles. The highest BCUT2D eigenvalue weighted by atomic mass is 19.3. The van der Waals surface area contributed by atoms with Gasteiger partial charge in [-0.1, -0.05) is 0 Å². The van der Waals surface area contributed by atoms with Crippen molar-refractivity contribution >= 4 is 11.0 Å². The van der Waals surface area contributed by atoms with Gasteiger partial charge in [0, 0.05) is 30.4 Å². The quantitative estimate of drug-likeness (QED) is 0.733. The predicted molar refractivity (Wildman–Crippen MR) is 84.5 cm³/mol. The van der Waals surface area contributed by atoms with E-state index in [0.717, 1.165) is 17.8 Å². The van der Waals surface area contributed by atoms with Crippen molar-refractivity contribution in [1.82, 2.24) is 24.5 Å². The Labute approximate surface area is 132 Å². The molecule has 23 heavy (non-hydrogen) atoms. The van der Waals surface area contributed by atoms with Gasteiger partial charge < -0.3 is 0 Å². The minimum Gasteiger partial charge on any atom is -0.272 e. The van der Waals surface area contributed by atoms with Gasteiger partial charge in [-0.2, -0.15) is 10.2 Å². The Balaban J connectivity index is 2.31. The SMILES string of the molecule is CCn1cc(-c2cc(C(F)F)c3c(C)nn(CC)c3n2)c(C)n1. The van der Waals surface area contributed by atoms with Gasteiger partial charge in [0.15, 0.2) is 5.65 Å². The molecule has 3 rings (SSSR count). The molecule has 0 unspecified atom stereocenters. The highest BCUT2D eigenvalue weighted by molar-refractivity contribution is 5.85. The molecule has 0 saturated heterocycles. The van der Waals surface area contributed by atoms with E-state index in [2.05, 4.69) is 15.2 Å². The maximum Gasteiger partial charge on any atom is 0.264 e. The molecule has 0 aliphatic heterocycles. The maximum atomic E-state index is 13.6. The molecule has 0 fully saturated rings. The van der Waals surface area contributed by atoms with Gasteiger partial charge in [0.25, 0.3) is 6.43 Å². The number of nitrogens with zero attached hydrogens (tertiary/aromatic N) is 5. The Morgan fingerprint density at radius 3 is 2.39 bits per heavy atom. The van der Waals surface area contributed by atoms with E-state index in [1.54, 1.807) is 16.3 Å². The maximum absolute atomic E-state index is 13.6. The summed E-state index contributed by atoms with van der Waals surface area (Å²) in [5.74, 6) is 0. The van der Waals surface area contributed by atoms with Gasteiger partial charge in [0.2, 0.25) is 0 Å². The van der Waals surface area contributed by atoms with E-state index in [9.17, 15) is 8.78 Å². The molecule has 7 heteroatoms. The van der Waals surface area contributed by atoms with Crippen molar-refractivity contribution in [3.05, 3.63) is 29.2 Å². The fraction of sp³-hybridized carbons (Fsp3) is 0.438. The van der Waals surface area contributed by atoms with E-state index in [0.29, 0.717) is 29.0 Å². The minimum absolute atomic E-state index is 0.0224. The number of fused-ring (bicyclic) bond motifs is 1. The van der Waals surface area contributed by atoms with Crippen molar-refractivity contribution in [2.75, 3.05) is 0 Å². The van der Waals surface area contributed by atoms with Gasteiger partial charge in [-0.15, -0.1) is 0 Å². The van der Waals surface area contributed by atoms with Gasteiger partial charge in [0.1, 0.15) is 0 Å². The van der Waals surface area contributed by atoms with Crippen LogP contribution in [0.5, 0.6) is 0 Å². The molecule has 0 radical (unpaired) electrons. The number of hydrogen-bond acceptors (Lipinski definition) is 3. The normalized spacial score (nSPS) is 11.8. The van der Waals surface area contributed by atoms with E-state index in [1.807, 2.05) is 27.0 Å². The lowest BCUT2D eigenvalue weighted by Crippen LogP contribution is -2.00. The molecule has 0 atom stereocenters. The van der Waals surface area contributed by atoms with Crippen LogP contribution < -0.4 is 0 Å². The molecular formula is C16H19F2N5. The molecule has 0 N–H and O–H groups in total. The smallest absolute Gasteiger partial charge is 0.264 e. The van der Waals surface area contributed by atoms with Crippen LogP contribution in [-0.2, 0) is 13.1 Å². The fourth-order valence-electron chi connectivity index (χ4n) is 2.85. The topological polar surface area (TPSA) is 48.5 Å². The molecule has 3 heterocycles. The van der Waals surface area contributed by atoms with E-state index in [-0.39, 0.29) is 5.56 Å². The number of hydrogen-bond donors (Lipinski definition) is 0. The van der Waals surface area contributed by atoms with Gasteiger partial charge in [0.05, 0.1) is 22.5 Å². The lowest BCUT2D eigenvalue weighted by Gasteiger charge is -2.07. The first-order valence-corrected chi connectivity index (χ1v) is 7.66. The zero-order valence-electron chi connectivity index (χ0n) is 13.6. The standard InChI is InChI=1S/C16H19F2N5/c1-5-22-8-12(9(3)20-22)13-7-11(15(17)18)14-10(4)21-23(6-2)16(14)19-13/h7-8,15H,5-6H2,1-4H3. The monoisotopic (exact) mass is 319 g/mol. The van der Waals surface area contributed by atoms with Gasteiger partial charge in [-0.3, -0.25) is 4.68 Å². The summed E-state index contributed by atoms with van der Waals surface area (Å²) in [6, 6.07) is 1.46. The molecule has 3 aromatic heterocycles. The Morgan fingerprint density at radius 2 is 1.83 bits per heavy atom. The molecule has 0 saturated carbocycles. The summed E-state index contributed by atoms with van der Waals surface area (Å²) < 4.78 is 30.6. The molecule has 5 nitrogen and oxygen atoms in total. The van der Waals surface area contributed by atoms with Crippen LogP contribution in [0.3, 0.4) is 0 Å². The van der Waals surface area contributed by atoms with Crippen LogP contribution >= 0.6 is 0 Å². The molecule has 0 amide bonds. The summed E-state index contributed by atoms with van der Waals surface area (Å²) in [7, 11) is 0. The van der Waals surface area contributed by atoms with E-state index < -0.39 is 6.43 Å². The highest BCUT2D eigenvalue weighted by Crippen LogP contribution is 2.33. The Morgan fingerprint density at radius 1 is 1.09 bits per heavy atom. The van der Waals surface area contributed by atoms with Crippen molar-refractivity contribution in [3.8, 4) is 11.3 Å². The molecule has 0 bridgehead atoms. The third kappa shape index (κ3) is 2.50. The van der Waals surface area contributed by atoms with Crippen LogP contribution in [-0.4, -0.2) is 24.5 Å². The van der Waals surface area contributed by atoms with Crippen LogP contribution in [0.4, 0.5) is 8.78 Å². The van der Waals surface area contributed by atoms with Crippen LogP contribution in [0, 0.1) is 13.8 Å². The lowest BCUT2D eigenvalue weighted by molar-refractivity contribution is 0.153. The van der Waals surface area contributed by atoms with Crippen molar-refractivity contribution in [3.63, 3.8) is 0 Å². The third-order valence-corrected chi connectivity index (χ3v) is 3.99. The second-order valence-electron chi connectivity index (χ2n) is 5.48. The number of aromatic nitrogens is 5. The first-order valence-electron chi connectivity index (χ1n) is 7.66. The first-order chi connectivity index (χ1) is 11.0. The summed E-state index contributed by atoms with van der Waals surface area (Å²) in [6.07, 6.45) is -0.730. The van der Waals surface area contributed by atoms with Crippen LogP contribution in [0.15, 0.2) is 12.3 Å². The predicted octanol–water partition coefficient (Wildman–Crippen LogP) is 3.89. The van der Waals surface area contributed by atoms with Crippen LogP contribution in [0.1, 0.15) is 37.2 Å². The van der Waals surface area contributed by atoms with Gasteiger partial charge in [-0.05, 0) is 33.8 Å². The molecule has 0 aromatic carbocycles. The minimum atomic E-state index is -2.58. The number of alkyl halides is 2. The average Bonchev–Trinajstić information content (AvgIpc) is 3.06. The molecule has 122 valence electrons. The highest BCUT2D eigenvalue weighted by Gasteiger charge is 2.21. The van der Waals surface area contributed by atoms with Crippen molar-refractivity contribution in [1.29, 1.82) is 0 Å². The van der Waals surface area contributed by atoms with Crippen molar-refractivity contribution in [2.45, 2.75) is 47.2 Å². The van der Waals surface area contributed by atoms with Crippen molar-refractivity contribution in [2.24, 2.45) is 0 Å². The van der Waals surface area contributed by atoms with E-state index in [4.69, 9.17) is 0 Å². The number of rotatable bonds is 4. The average molecular weight is 319 g/mol. The Bertz CT molecular complexity index is 863. The van der Waals surface area contributed by atoms with E-state index >= 15 is 0 Å². The van der Waals surface area contributed by atoms with E-state index in [1.165, 1.54) is 6.07 Å². The Kier molecular flexibility index (Phi) is 3.87. The van der Waals surface area contributed by atoms with Crippen LogP contribution in [0.2, 0.25) is 0 Å². The summed E-state index contributed by atoms with van der Waals surface area (Å²) >= 11 is 0. The summed E-state index contributed by atoms with van der Waals surface area (Å²) in [4.78, 5) is 4.60. The van der Waals surface area contributed by atoms with Gasteiger partial charge in [-0.25, -0.2) is 18.4 Å². The lowest BCUT2D eigenvalue weighted by atomic mass is 10.1.